The summed E-state index contributed by atoms with van der Waals surface area (Å²) in [6.45, 7) is 0.844. The number of fused-ring (bicyclic) bond motifs is 1. The second-order valence-electron chi connectivity index (χ2n) is 3.82. The van der Waals surface area contributed by atoms with Crippen molar-refractivity contribution >= 4 is 11.2 Å². The van der Waals surface area contributed by atoms with Gasteiger partial charge in [-0.05, 0) is 31.4 Å². The molecule has 3 heterocycles. The van der Waals surface area contributed by atoms with Gasteiger partial charge in [0.05, 0.1) is 6.33 Å². The van der Waals surface area contributed by atoms with E-state index in [0.717, 1.165) is 30.6 Å². The van der Waals surface area contributed by atoms with E-state index in [2.05, 4.69) is 9.97 Å². The van der Waals surface area contributed by atoms with E-state index in [0.29, 0.717) is 0 Å². The summed E-state index contributed by atoms with van der Waals surface area (Å²) in [4.78, 5) is 8.65. The first-order valence-electron chi connectivity index (χ1n) is 5.34. The molecule has 0 amide bonds. The Kier molecular flexibility index (Phi) is 2.14. The quantitative estimate of drug-likeness (QED) is 0.712. The summed E-state index contributed by atoms with van der Waals surface area (Å²) in [6.07, 6.45) is 7.19. The number of pyridine rings is 1. The molecule has 4 nitrogen and oxygen atoms in total. The van der Waals surface area contributed by atoms with Gasteiger partial charge in [-0.25, -0.2) is 9.97 Å². The Morgan fingerprint density at radius 1 is 1.33 bits per heavy atom. The SMILES string of the molecule is c1cnc2c(c1)ncn2C1CCCCO1. The first-order valence-corrected chi connectivity index (χ1v) is 5.34. The lowest BCUT2D eigenvalue weighted by Crippen LogP contribution is -2.17. The molecule has 0 saturated carbocycles. The van der Waals surface area contributed by atoms with E-state index in [4.69, 9.17) is 4.74 Å². The Morgan fingerprint density at radius 3 is 3.20 bits per heavy atom. The van der Waals surface area contributed by atoms with Gasteiger partial charge >= 0.3 is 0 Å². The molecule has 1 fully saturated rings. The van der Waals surface area contributed by atoms with Crippen LogP contribution in [0.25, 0.3) is 11.2 Å². The highest BCUT2D eigenvalue weighted by molar-refractivity contribution is 5.70. The molecule has 0 N–H and O–H groups in total. The Bertz CT molecular complexity index is 460. The third kappa shape index (κ3) is 1.51. The van der Waals surface area contributed by atoms with Crippen LogP contribution in [0.1, 0.15) is 25.5 Å². The fraction of sp³-hybridized carbons (Fsp3) is 0.455. The zero-order valence-corrected chi connectivity index (χ0v) is 8.47. The molecule has 1 saturated heterocycles. The van der Waals surface area contributed by atoms with Gasteiger partial charge in [0.1, 0.15) is 11.7 Å². The lowest BCUT2D eigenvalue weighted by molar-refractivity contribution is -0.0298. The highest BCUT2D eigenvalue weighted by Crippen LogP contribution is 2.25. The Morgan fingerprint density at radius 2 is 2.33 bits per heavy atom. The molecule has 0 aromatic carbocycles. The van der Waals surface area contributed by atoms with Crippen LogP contribution < -0.4 is 0 Å². The maximum Gasteiger partial charge on any atom is 0.161 e. The highest BCUT2D eigenvalue weighted by Gasteiger charge is 2.17. The van der Waals surface area contributed by atoms with E-state index in [-0.39, 0.29) is 6.23 Å². The number of hydrogen-bond donors (Lipinski definition) is 0. The zero-order valence-electron chi connectivity index (χ0n) is 8.47. The molecule has 2 aromatic heterocycles. The van der Waals surface area contributed by atoms with Crippen LogP contribution in [0.3, 0.4) is 0 Å². The molecular formula is C11H13N3O. The molecule has 0 aliphatic carbocycles. The number of ether oxygens (including phenoxy) is 1. The van der Waals surface area contributed by atoms with Crippen LogP contribution in [0.5, 0.6) is 0 Å². The monoisotopic (exact) mass is 203 g/mol. The predicted octanol–water partition coefficient (Wildman–Crippen LogP) is 2.13. The van der Waals surface area contributed by atoms with Crippen LogP contribution >= 0.6 is 0 Å². The van der Waals surface area contributed by atoms with E-state index < -0.39 is 0 Å². The van der Waals surface area contributed by atoms with Gasteiger partial charge in [-0.2, -0.15) is 0 Å². The summed E-state index contributed by atoms with van der Waals surface area (Å²) in [5, 5.41) is 0. The molecular weight excluding hydrogens is 190 g/mol. The minimum atomic E-state index is 0.124. The second kappa shape index (κ2) is 3.62. The molecule has 3 rings (SSSR count). The molecule has 15 heavy (non-hydrogen) atoms. The summed E-state index contributed by atoms with van der Waals surface area (Å²) in [5.41, 5.74) is 1.86. The number of nitrogens with zero attached hydrogens (tertiary/aromatic N) is 3. The van der Waals surface area contributed by atoms with Crippen LogP contribution in [0.2, 0.25) is 0 Å². The van der Waals surface area contributed by atoms with Crippen LogP contribution in [0.4, 0.5) is 0 Å². The summed E-state index contributed by atoms with van der Waals surface area (Å²) < 4.78 is 7.75. The third-order valence-electron chi connectivity index (χ3n) is 2.80. The van der Waals surface area contributed by atoms with Gasteiger partial charge in [0.25, 0.3) is 0 Å². The van der Waals surface area contributed by atoms with Crippen LogP contribution in [0, 0.1) is 0 Å². The lowest BCUT2D eigenvalue weighted by atomic mass is 10.2. The van der Waals surface area contributed by atoms with Crippen molar-refractivity contribution in [3.05, 3.63) is 24.7 Å². The molecule has 2 aromatic rings. The molecule has 0 spiro atoms. The van der Waals surface area contributed by atoms with Gasteiger partial charge in [0.15, 0.2) is 5.65 Å². The van der Waals surface area contributed by atoms with Crippen molar-refractivity contribution in [2.45, 2.75) is 25.5 Å². The lowest BCUT2D eigenvalue weighted by Gasteiger charge is -2.23. The number of hydrogen-bond acceptors (Lipinski definition) is 3. The normalized spacial score (nSPS) is 22.0. The van der Waals surface area contributed by atoms with E-state index in [9.17, 15) is 0 Å². The van der Waals surface area contributed by atoms with E-state index >= 15 is 0 Å². The average Bonchev–Trinajstić information content (AvgIpc) is 2.74. The van der Waals surface area contributed by atoms with Crippen molar-refractivity contribution in [1.82, 2.24) is 14.5 Å². The number of aromatic nitrogens is 3. The van der Waals surface area contributed by atoms with Gasteiger partial charge in [-0.1, -0.05) is 0 Å². The average molecular weight is 203 g/mol. The van der Waals surface area contributed by atoms with Gasteiger partial charge in [0.2, 0.25) is 0 Å². The second-order valence-corrected chi connectivity index (χ2v) is 3.82. The fourth-order valence-electron chi connectivity index (χ4n) is 2.02. The molecule has 0 radical (unpaired) electrons. The van der Waals surface area contributed by atoms with E-state index in [1.165, 1.54) is 6.42 Å². The fourth-order valence-corrected chi connectivity index (χ4v) is 2.02. The minimum absolute atomic E-state index is 0.124. The van der Waals surface area contributed by atoms with Crippen molar-refractivity contribution in [2.24, 2.45) is 0 Å². The molecule has 78 valence electrons. The Balaban J connectivity index is 2.02. The first-order chi connectivity index (χ1) is 7.45. The molecule has 1 atom stereocenters. The van der Waals surface area contributed by atoms with Gasteiger partial charge in [-0.15, -0.1) is 0 Å². The van der Waals surface area contributed by atoms with Crippen molar-refractivity contribution in [1.29, 1.82) is 0 Å². The van der Waals surface area contributed by atoms with Gasteiger partial charge in [0, 0.05) is 12.8 Å². The number of rotatable bonds is 1. The van der Waals surface area contributed by atoms with Crippen molar-refractivity contribution < 1.29 is 4.74 Å². The van der Waals surface area contributed by atoms with Crippen molar-refractivity contribution in [3.63, 3.8) is 0 Å². The van der Waals surface area contributed by atoms with Crippen LogP contribution in [-0.4, -0.2) is 21.1 Å². The van der Waals surface area contributed by atoms with Gasteiger partial charge in [-0.3, -0.25) is 4.57 Å². The molecule has 1 unspecified atom stereocenters. The molecule has 0 bridgehead atoms. The Hall–Kier alpha value is -1.42. The molecule has 4 heteroatoms. The minimum Gasteiger partial charge on any atom is -0.358 e. The largest absolute Gasteiger partial charge is 0.358 e. The summed E-state index contributed by atoms with van der Waals surface area (Å²) >= 11 is 0. The summed E-state index contributed by atoms with van der Waals surface area (Å²) in [6, 6.07) is 3.88. The standard InChI is InChI=1S/C11H13N3O/c1-2-7-15-10(5-1)14-8-13-9-4-3-6-12-11(9)14/h3-4,6,8,10H,1-2,5,7H2. The maximum atomic E-state index is 5.71. The van der Waals surface area contributed by atoms with Crippen LogP contribution in [0.15, 0.2) is 24.7 Å². The molecule has 1 aliphatic heterocycles. The van der Waals surface area contributed by atoms with Crippen LogP contribution in [-0.2, 0) is 4.74 Å². The topological polar surface area (TPSA) is 39.9 Å². The van der Waals surface area contributed by atoms with E-state index in [1.807, 2.05) is 23.0 Å². The first kappa shape index (κ1) is 8.85. The third-order valence-corrected chi connectivity index (χ3v) is 2.80. The van der Waals surface area contributed by atoms with E-state index in [1.54, 1.807) is 6.20 Å². The maximum absolute atomic E-state index is 5.71. The highest BCUT2D eigenvalue weighted by atomic mass is 16.5. The predicted molar refractivity (Wildman–Crippen MR) is 56.4 cm³/mol. The summed E-state index contributed by atoms with van der Waals surface area (Å²) in [5.74, 6) is 0. The zero-order chi connectivity index (χ0) is 10.1. The van der Waals surface area contributed by atoms with Crippen molar-refractivity contribution in [2.75, 3.05) is 6.61 Å². The molecule has 1 aliphatic rings. The number of imidazole rings is 1. The van der Waals surface area contributed by atoms with Crippen molar-refractivity contribution in [3.8, 4) is 0 Å². The Labute approximate surface area is 87.9 Å². The smallest absolute Gasteiger partial charge is 0.161 e. The van der Waals surface area contributed by atoms with Gasteiger partial charge < -0.3 is 4.74 Å². The summed E-state index contributed by atoms with van der Waals surface area (Å²) in [7, 11) is 0.